The minimum Gasteiger partial charge on any atom is -0.495 e. The van der Waals surface area contributed by atoms with Crippen molar-refractivity contribution in [3.63, 3.8) is 0 Å². The highest BCUT2D eigenvalue weighted by Gasteiger charge is 2.34. The van der Waals surface area contributed by atoms with Gasteiger partial charge < -0.3 is 15.4 Å². The number of carbonyl (C=O) groups is 2. The number of anilines is 1. The Morgan fingerprint density at radius 3 is 2.64 bits per heavy atom. The average molecular weight is 478 g/mol. The van der Waals surface area contributed by atoms with Crippen molar-refractivity contribution in [2.75, 3.05) is 25.5 Å². The Morgan fingerprint density at radius 1 is 1.15 bits per heavy atom. The molecule has 1 atom stereocenters. The van der Waals surface area contributed by atoms with Gasteiger partial charge in [-0.25, -0.2) is 12.8 Å². The minimum absolute atomic E-state index is 0.0796. The summed E-state index contributed by atoms with van der Waals surface area (Å²) in [7, 11) is -2.35. The predicted molar refractivity (Wildman–Crippen MR) is 122 cm³/mol. The van der Waals surface area contributed by atoms with Crippen LogP contribution in [0.1, 0.15) is 31.2 Å². The Balaban J connectivity index is 1.61. The zero-order chi connectivity index (χ0) is 24.0. The van der Waals surface area contributed by atoms with Gasteiger partial charge in [-0.1, -0.05) is 18.6 Å². The van der Waals surface area contributed by atoms with E-state index in [0.29, 0.717) is 36.4 Å². The Hall–Kier alpha value is -2.98. The lowest BCUT2D eigenvalue weighted by Gasteiger charge is -2.35. The van der Waals surface area contributed by atoms with Gasteiger partial charge >= 0.3 is 11.8 Å². The van der Waals surface area contributed by atoms with Crippen LogP contribution in [0.15, 0.2) is 47.4 Å². The SMILES string of the molecule is COc1ccccc1NC(=O)C(=O)NCC[C@H]1CCCCN1S(=O)(=O)c1ccc(F)cc1C. The fourth-order valence-electron chi connectivity index (χ4n) is 3.97. The molecule has 2 aromatic carbocycles. The molecular weight excluding hydrogens is 449 g/mol. The summed E-state index contributed by atoms with van der Waals surface area (Å²) >= 11 is 0. The maximum absolute atomic E-state index is 13.5. The molecule has 178 valence electrons. The molecule has 0 saturated carbocycles. The summed E-state index contributed by atoms with van der Waals surface area (Å²) in [6, 6.07) is 10.0. The fourth-order valence-corrected chi connectivity index (χ4v) is 5.90. The number of carbonyl (C=O) groups excluding carboxylic acids is 2. The Morgan fingerprint density at radius 2 is 1.91 bits per heavy atom. The van der Waals surface area contributed by atoms with E-state index in [1.165, 1.54) is 23.5 Å². The molecule has 0 spiro atoms. The normalized spacial score (nSPS) is 16.8. The average Bonchev–Trinajstić information content (AvgIpc) is 2.79. The molecule has 1 aliphatic rings. The molecule has 2 amide bonds. The van der Waals surface area contributed by atoms with Gasteiger partial charge in [-0.05, 0) is 62.1 Å². The second kappa shape index (κ2) is 10.8. The van der Waals surface area contributed by atoms with Gasteiger partial charge in [-0.3, -0.25) is 9.59 Å². The molecule has 0 bridgehead atoms. The van der Waals surface area contributed by atoms with Crippen LogP contribution in [0.4, 0.5) is 10.1 Å². The van der Waals surface area contributed by atoms with Crippen molar-refractivity contribution in [3.05, 3.63) is 53.8 Å². The number of methoxy groups -OCH3 is 1. The molecule has 8 nitrogen and oxygen atoms in total. The molecule has 1 heterocycles. The summed E-state index contributed by atoms with van der Waals surface area (Å²) in [5.74, 6) is -1.72. The maximum atomic E-state index is 13.5. The molecule has 0 aliphatic carbocycles. The summed E-state index contributed by atoms with van der Waals surface area (Å²) < 4.78 is 46.5. The molecule has 2 aromatic rings. The van der Waals surface area contributed by atoms with Crippen LogP contribution in [-0.2, 0) is 19.6 Å². The molecule has 33 heavy (non-hydrogen) atoms. The third kappa shape index (κ3) is 5.88. The fraction of sp³-hybridized carbons (Fsp3) is 0.391. The number of benzene rings is 2. The van der Waals surface area contributed by atoms with Gasteiger partial charge in [0.25, 0.3) is 0 Å². The van der Waals surface area contributed by atoms with Crippen LogP contribution < -0.4 is 15.4 Å². The van der Waals surface area contributed by atoms with E-state index in [-0.39, 0.29) is 17.5 Å². The van der Waals surface area contributed by atoms with Gasteiger partial charge in [0.2, 0.25) is 10.0 Å². The maximum Gasteiger partial charge on any atom is 0.313 e. The predicted octanol–water partition coefficient (Wildman–Crippen LogP) is 2.83. The first-order valence-corrected chi connectivity index (χ1v) is 12.2. The van der Waals surface area contributed by atoms with Gasteiger partial charge in [0.1, 0.15) is 11.6 Å². The first-order valence-electron chi connectivity index (χ1n) is 10.7. The van der Waals surface area contributed by atoms with Crippen molar-refractivity contribution in [2.45, 2.75) is 43.5 Å². The van der Waals surface area contributed by atoms with Crippen molar-refractivity contribution < 1.29 is 27.1 Å². The summed E-state index contributed by atoms with van der Waals surface area (Å²) in [5, 5.41) is 5.06. The third-order valence-corrected chi connectivity index (χ3v) is 7.73. The highest BCUT2D eigenvalue weighted by Crippen LogP contribution is 2.29. The molecule has 1 aliphatic heterocycles. The van der Waals surface area contributed by atoms with Gasteiger partial charge in [0, 0.05) is 19.1 Å². The number of hydrogen-bond acceptors (Lipinski definition) is 5. The number of piperidine rings is 1. The number of hydrogen-bond donors (Lipinski definition) is 2. The van der Waals surface area contributed by atoms with E-state index < -0.39 is 27.7 Å². The molecule has 0 aromatic heterocycles. The molecule has 10 heteroatoms. The van der Waals surface area contributed by atoms with E-state index in [9.17, 15) is 22.4 Å². The number of sulfonamides is 1. The van der Waals surface area contributed by atoms with E-state index >= 15 is 0 Å². The van der Waals surface area contributed by atoms with Gasteiger partial charge in [0.05, 0.1) is 17.7 Å². The van der Waals surface area contributed by atoms with E-state index in [2.05, 4.69) is 10.6 Å². The summed E-state index contributed by atoms with van der Waals surface area (Å²) in [6.45, 7) is 2.05. The number of amides is 2. The third-order valence-electron chi connectivity index (χ3n) is 5.62. The van der Waals surface area contributed by atoms with E-state index in [0.717, 1.165) is 18.9 Å². The summed E-state index contributed by atoms with van der Waals surface area (Å²) in [6.07, 6.45) is 2.58. The number of rotatable bonds is 7. The highest BCUT2D eigenvalue weighted by atomic mass is 32.2. The zero-order valence-electron chi connectivity index (χ0n) is 18.6. The summed E-state index contributed by atoms with van der Waals surface area (Å²) in [4.78, 5) is 24.5. The summed E-state index contributed by atoms with van der Waals surface area (Å²) in [5.41, 5.74) is 0.722. The molecule has 2 N–H and O–H groups in total. The smallest absolute Gasteiger partial charge is 0.313 e. The van der Waals surface area contributed by atoms with Crippen LogP contribution in [0.3, 0.4) is 0 Å². The second-order valence-electron chi connectivity index (χ2n) is 7.87. The van der Waals surface area contributed by atoms with Crippen molar-refractivity contribution in [2.24, 2.45) is 0 Å². The van der Waals surface area contributed by atoms with E-state index in [1.807, 2.05) is 0 Å². The first kappa shape index (κ1) is 24.7. The number of para-hydroxylation sites is 2. The van der Waals surface area contributed by atoms with Crippen LogP contribution in [-0.4, -0.2) is 50.8 Å². The largest absolute Gasteiger partial charge is 0.495 e. The van der Waals surface area contributed by atoms with Crippen LogP contribution in [0.5, 0.6) is 5.75 Å². The Bertz CT molecular complexity index is 1120. The Labute approximate surface area is 193 Å². The molecular formula is C23H28FN3O5S. The first-order chi connectivity index (χ1) is 15.7. The van der Waals surface area contributed by atoms with E-state index in [4.69, 9.17) is 4.74 Å². The second-order valence-corrected chi connectivity index (χ2v) is 9.73. The lowest BCUT2D eigenvalue weighted by Crippen LogP contribution is -2.46. The van der Waals surface area contributed by atoms with Crippen LogP contribution in [0, 0.1) is 12.7 Å². The molecule has 0 radical (unpaired) electrons. The van der Waals surface area contributed by atoms with Crippen LogP contribution in [0.25, 0.3) is 0 Å². The lowest BCUT2D eigenvalue weighted by atomic mass is 10.0. The van der Waals surface area contributed by atoms with Crippen molar-refractivity contribution in [1.29, 1.82) is 0 Å². The number of aryl methyl sites for hydroxylation is 1. The monoisotopic (exact) mass is 477 g/mol. The van der Waals surface area contributed by atoms with Crippen LogP contribution >= 0.6 is 0 Å². The standard InChI is InChI=1S/C23H28FN3O5S/c1-16-15-17(24)10-11-21(16)33(30,31)27-14-6-5-7-18(27)12-13-25-22(28)23(29)26-19-8-3-4-9-20(19)32-2/h3-4,8-11,15,18H,5-7,12-14H2,1-2H3,(H,25,28)(H,26,29)/t18-/m1/s1. The number of ether oxygens (including phenoxy) is 1. The van der Waals surface area contributed by atoms with Gasteiger partial charge in [0.15, 0.2) is 0 Å². The number of halogens is 1. The topological polar surface area (TPSA) is 105 Å². The molecule has 3 rings (SSSR count). The molecule has 1 saturated heterocycles. The van der Waals surface area contributed by atoms with Gasteiger partial charge in [-0.15, -0.1) is 0 Å². The minimum atomic E-state index is -3.81. The van der Waals surface area contributed by atoms with Crippen molar-refractivity contribution >= 4 is 27.5 Å². The number of nitrogens with zero attached hydrogens (tertiary/aromatic N) is 1. The highest BCUT2D eigenvalue weighted by molar-refractivity contribution is 7.89. The van der Waals surface area contributed by atoms with Gasteiger partial charge in [-0.2, -0.15) is 4.31 Å². The van der Waals surface area contributed by atoms with Crippen molar-refractivity contribution in [3.8, 4) is 5.75 Å². The quantitative estimate of drug-likeness (QED) is 0.597. The van der Waals surface area contributed by atoms with E-state index in [1.54, 1.807) is 31.2 Å². The Kier molecular flexibility index (Phi) is 8.04. The molecule has 0 unspecified atom stereocenters. The molecule has 1 fully saturated rings. The van der Waals surface area contributed by atoms with Crippen molar-refractivity contribution in [1.82, 2.24) is 9.62 Å². The zero-order valence-corrected chi connectivity index (χ0v) is 19.5. The number of nitrogens with one attached hydrogen (secondary N) is 2. The lowest BCUT2D eigenvalue weighted by molar-refractivity contribution is -0.136. The van der Waals surface area contributed by atoms with Crippen LogP contribution in [0.2, 0.25) is 0 Å².